The molecule has 5 nitrogen and oxygen atoms in total. The summed E-state index contributed by atoms with van der Waals surface area (Å²) in [5.41, 5.74) is 0.250. The van der Waals surface area contributed by atoms with Crippen molar-refractivity contribution in [2.24, 2.45) is 0 Å². The standard InChI is InChI=1S/C16H13FO5/c1-21-16(20)12-6-11(15(18)19)7-13(8-12)22-9-10-4-2-3-5-14(10)17/h2-8H,9H2,1H3,(H,18,19). The fourth-order valence-electron chi connectivity index (χ4n) is 1.82. The molecule has 0 saturated heterocycles. The van der Waals surface area contributed by atoms with Gasteiger partial charge in [0.2, 0.25) is 0 Å². The molecule has 0 spiro atoms. The predicted octanol–water partition coefficient (Wildman–Crippen LogP) is 2.89. The third-order valence-corrected chi connectivity index (χ3v) is 2.93. The Bertz CT molecular complexity index is 711. The van der Waals surface area contributed by atoms with Crippen molar-refractivity contribution in [1.82, 2.24) is 0 Å². The Morgan fingerprint density at radius 3 is 2.45 bits per heavy atom. The lowest BCUT2D eigenvalue weighted by Gasteiger charge is -2.09. The van der Waals surface area contributed by atoms with Gasteiger partial charge in [-0.15, -0.1) is 0 Å². The summed E-state index contributed by atoms with van der Waals surface area (Å²) in [5, 5.41) is 9.05. The maximum absolute atomic E-state index is 13.5. The number of rotatable bonds is 5. The van der Waals surface area contributed by atoms with Gasteiger partial charge in [0.25, 0.3) is 0 Å². The maximum Gasteiger partial charge on any atom is 0.338 e. The summed E-state index contributed by atoms with van der Waals surface area (Å²) in [7, 11) is 1.19. The van der Waals surface area contributed by atoms with Gasteiger partial charge >= 0.3 is 11.9 Å². The predicted molar refractivity (Wildman–Crippen MR) is 75.5 cm³/mol. The number of ether oxygens (including phenoxy) is 2. The van der Waals surface area contributed by atoms with Gasteiger partial charge in [-0.25, -0.2) is 14.0 Å². The second-order valence-corrected chi connectivity index (χ2v) is 4.42. The minimum atomic E-state index is -1.21. The Balaban J connectivity index is 2.26. The average molecular weight is 304 g/mol. The number of carbonyl (C=O) groups is 2. The Labute approximate surface area is 125 Å². The lowest BCUT2D eigenvalue weighted by Crippen LogP contribution is -2.06. The van der Waals surface area contributed by atoms with Crippen molar-refractivity contribution in [1.29, 1.82) is 0 Å². The van der Waals surface area contributed by atoms with Crippen molar-refractivity contribution in [2.45, 2.75) is 6.61 Å². The van der Waals surface area contributed by atoms with Crippen molar-refractivity contribution >= 4 is 11.9 Å². The van der Waals surface area contributed by atoms with Crippen molar-refractivity contribution < 1.29 is 28.6 Å². The molecule has 0 bridgehead atoms. The number of carboxylic acids is 1. The fourth-order valence-corrected chi connectivity index (χ4v) is 1.82. The summed E-state index contributed by atoms with van der Waals surface area (Å²) >= 11 is 0. The number of halogens is 1. The van der Waals surface area contributed by atoms with Gasteiger partial charge < -0.3 is 14.6 Å². The summed E-state index contributed by atoms with van der Waals surface area (Å²) in [6.07, 6.45) is 0. The molecule has 0 aliphatic carbocycles. The van der Waals surface area contributed by atoms with Crippen LogP contribution in [0, 0.1) is 5.82 Å². The first-order valence-electron chi connectivity index (χ1n) is 6.34. The van der Waals surface area contributed by atoms with E-state index in [1.807, 2.05) is 0 Å². The molecular weight excluding hydrogens is 291 g/mol. The fraction of sp³-hybridized carbons (Fsp3) is 0.125. The second-order valence-electron chi connectivity index (χ2n) is 4.42. The van der Waals surface area contributed by atoms with Crippen LogP contribution in [0.1, 0.15) is 26.3 Å². The van der Waals surface area contributed by atoms with E-state index in [9.17, 15) is 14.0 Å². The highest BCUT2D eigenvalue weighted by atomic mass is 19.1. The molecule has 0 amide bonds. The van der Waals surface area contributed by atoms with Gasteiger partial charge in [-0.3, -0.25) is 0 Å². The Kier molecular flexibility index (Phi) is 4.73. The van der Waals surface area contributed by atoms with E-state index in [4.69, 9.17) is 9.84 Å². The first-order valence-corrected chi connectivity index (χ1v) is 6.34. The molecule has 1 N–H and O–H groups in total. The van der Waals surface area contributed by atoms with Crippen LogP contribution in [0.2, 0.25) is 0 Å². The van der Waals surface area contributed by atoms with Gasteiger partial charge in [0, 0.05) is 5.56 Å². The van der Waals surface area contributed by atoms with Gasteiger partial charge in [0.05, 0.1) is 18.2 Å². The van der Waals surface area contributed by atoms with Crippen LogP contribution in [-0.4, -0.2) is 24.2 Å². The van der Waals surface area contributed by atoms with Crippen molar-refractivity contribution in [3.05, 3.63) is 65.0 Å². The monoisotopic (exact) mass is 304 g/mol. The number of esters is 1. The number of benzene rings is 2. The second kappa shape index (κ2) is 6.71. The van der Waals surface area contributed by atoms with Gasteiger partial charge in [-0.2, -0.15) is 0 Å². The zero-order valence-electron chi connectivity index (χ0n) is 11.7. The van der Waals surface area contributed by atoms with Crippen LogP contribution in [0.4, 0.5) is 4.39 Å². The molecule has 0 fully saturated rings. The Morgan fingerprint density at radius 1 is 1.14 bits per heavy atom. The molecule has 0 heterocycles. The Morgan fingerprint density at radius 2 is 1.82 bits per heavy atom. The molecular formula is C16H13FO5. The third kappa shape index (κ3) is 3.60. The van der Waals surface area contributed by atoms with Gasteiger partial charge in [0.15, 0.2) is 0 Å². The van der Waals surface area contributed by atoms with Crippen LogP contribution >= 0.6 is 0 Å². The smallest absolute Gasteiger partial charge is 0.338 e. The summed E-state index contributed by atoms with van der Waals surface area (Å²) in [5.74, 6) is -2.17. The summed E-state index contributed by atoms with van der Waals surface area (Å²) in [4.78, 5) is 22.6. The van der Waals surface area contributed by atoms with Crippen LogP contribution in [0.5, 0.6) is 5.75 Å². The number of aromatic carboxylic acids is 1. The van der Waals surface area contributed by atoms with Gasteiger partial charge in [-0.05, 0) is 24.3 Å². The normalized spacial score (nSPS) is 10.1. The molecule has 0 radical (unpaired) electrons. The van der Waals surface area contributed by atoms with E-state index >= 15 is 0 Å². The SMILES string of the molecule is COC(=O)c1cc(OCc2ccccc2F)cc(C(=O)O)c1. The quantitative estimate of drug-likeness (QED) is 0.860. The molecule has 2 aromatic rings. The zero-order chi connectivity index (χ0) is 16.1. The van der Waals surface area contributed by atoms with Gasteiger partial charge in [0.1, 0.15) is 18.2 Å². The van der Waals surface area contributed by atoms with Crippen LogP contribution in [-0.2, 0) is 11.3 Å². The molecule has 22 heavy (non-hydrogen) atoms. The zero-order valence-corrected chi connectivity index (χ0v) is 11.7. The lowest BCUT2D eigenvalue weighted by atomic mass is 10.1. The molecule has 0 aliphatic heterocycles. The lowest BCUT2D eigenvalue weighted by molar-refractivity contribution is 0.0600. The Hall–Kier alpha value is -2.89. The molecule has 0 aromatic heterocycles. The molecule has 0 atom stereocenters. The first kappa shape index (κ1) is 15.5. The number of methoxy groups -OCH3 is 1. The first-order chi connectivity index (χ1) is 10.5. The van der Waals surface area contributed by atoms with E-state index in [0.717, 1.165) is 0 Å². The molecule has 2 aromatic carbocycles. The number of carbonyl (C=O) groups excluding carboxylic acids is 1. The summed E-state index contributed by atoms with van der Waals surface area (Å²) in [6.45, 7) is -0.0869. The highest BCUT2D eigenvalue weighted by Gasteiger charge is 2.13. The molecule has 0 aliphatic rings. The van der Waals surface area contributed by atoms with Crippen LogP contribution < -0.4 is 4.74 Å². The highest BCUT2D eigenvalue weighted by Crippen LogP contribution is 2.20. The topological polar surface area (TPSA) is 72.8 Å². The van der Waals surface area contributed by atoms with E-state index in [2.05, 4.69) is 4.74 Å². The van der Waals surface area contributed by atoms with E-state index in [1.165, 1.54) is 31.4 Å². The number of hydrogen-bond donors (Lipinski definition) is 1. The third-order valence-electron chi connectivity index (χ3n) is 2.93. The van der Waals surface area contributed by atoms with Crippen molar-refractivity contribution in [3.8, 4) is 5.75 Å². The number of hydrogen-bond acceptors (Lipinski definition) is 4. The summed E-state index contributed by atoms with van der Waals surface area (Å²) < 4.78 is 23.5. The van der Waals surface area contributed by atoms with Gasteiger partial charge in [-0.1, -0.05) is 18.2 Å². The maximum atomic E-state index is 13.5. The summed E-state index contributed by atoms with van der Waals surface area (Å²) in [6, 6.07) is 9.86. The largest absolute Gasteiger partial charge is 0.489 e. The molecule has 6 heteroatoms. The molecule has 114 valence electrons. The van der Waals surface area contributed by atoms with E-state index < -0.39 is 17.8 Å². The molecule has 0 saturated carbocycles. The van der Waals surface area contributed by atoms with Crippen molar-refractivity contribution in [2.75, 3.05) is 7.11 Å². The van der Waals surface area contributed by atoms with Crippen LogP contribution in [0.15, 0.2) is 42.5 Å². The molecule has 2 rings (SSSR count). The number of carboxylic acid groups (broad SMARTS) is 1. The minimum absolute atomic E-state index is 0.0472. The van der Waals surface area contributed by atoms with E-state index in [1.54, 1.807) is 18.2 Å². The van der Waals surface area contributed by atoms with Crippen LogP contribution in [0.25, 0.3) is 0 Å². The van der Waals surface area contributed by atoms with E-state index in [-0.39, 0.29) is 23.5 Å². The minimum Gasteiger partial charge on any atom is -0.489 e. The molecule has 0 unspecified atom stereocenters. The average Bonchev–Trinajstić information content (AvgIpc) is 2.53. The van der Waals surface area contributed by atoms with E-state index in [0.29, 0.717) is 5.56 Å². The highest BCUT2D eigenvalue weighted by molar-refractivity contribution is 5.95. The van der Waals surface area contributed by atoms with Crippen molar-refractivity contribution in [3.63, 3.8) is 0 Å². The van der Waals surface area contributed by atoms with Crippen LogP contribution in [0.3, 0.4) is 0 Å².